The van der Waals surface area contributed by atoms with E-state index >= 15 is 0 Å². The van der Waals surface area contributed by atoms with E-state index in [-0.39, 0.29) is 40.5 Å². The quantitative estimate of drug-likeness (QED) is 0.398. The topological polar surface area (TPSA) is 68.6 Å². The van der Waals surface area contributed by atoms with Crippen LogP contribution in [0, 0.1) is 0 Å². The average Bonchev–Trinajstić information content (AvgIpc) is 2.71. The maximum absolute atomic E-state index is 10.1. The molecule has 2 saturated heterocycles. The summed E-state index contributed by atoms with van der Waals surface area (Å²) in [5, 5.41) is 20.0. The van der Waals surface area contributed by atoms with Gasteiger partial charge < -0.3 is 29.1 Å². The normalized spacial score (nSPS) is 25.7. The minimum atomic E-state index is -0.402. The van der Waals surface area contributed by atoms with Crippen LogP contribution in [-0.4, -0.2) is 152 Å². The predicted octanol–water partition coefficient (Wildman–Crippen LogP) is 3.30. The third kappa shape index (κ3) is 12.2. The number of nitrogens with zero attached hydrogens (tertiary/aromatic N) is 4. The average molecular weight is 560 g/mol. The van der Waals surface area contributed by atoms with Gasteiger partial charge in [-0.05, 0) is 109 Å². The maximum Gasteiger partial charge on any atom is 0.126 e. The third-order valence-corrected chi connectivity index (χ3v) is 8.92. The highest BCUT2D eigenvalue weighted by molar-refractivity contribution is 5.00. The molecule has 2 heterocycles. The highest BCUT2D eigenvalue weighted by Crippen LogP contribution is 2.39. The molecule has 234 valence electrons. The Morgan fingerprint density at radius 1 is 0.692 bits per heavy atom. The van der Waals surface area contributed by atoms with Crippen LogP contribution in [0.25, 0.3) is 0 Å². The number of aliphatic hydroxyl groups is 2. The molecule has 2 aliphatic rings. The number of hydrogen-bond donors (Lipinski definition) is 2. The van der Waals surface area contributed by atoms with Crippen LogP contribution >= 0.6 is 0 Å². The van der Waals surface area contributed by atoms with Gasteiger partial charge in [-0.2, -0.15) is 0 Å². The van der Waals surface area contributed by atoms with Crippen molar-refractivity contribution in [2.24, 2.45) is 0 Å². The molecular formula is C31H67N4O4+. The number of rotatable bonds is 10. The molecule has 2 rings (SSSR count). The Bertz CT molecular complexity index is 697. The lowest BCUT2D eigenvalue weighted by Gasteiger charge is -2.53. The fourth-order valence-electron chi connectivity index (χ4n) is 6.45. The van der Waals surface area contributed by atoms with E-state index in [4.69, 9.17) is 9.47 Å². The van der Waals surface area contributed by atoms with Crippen LogP contribution in [-0.2, 0) is 9.47 Å². The van der Waals surface area contributed by atoms with E-state index < -0.39 is 6.10 Å². The summed E-state index contributed by atoms with van der Waals surface area (Å²) >= 11 is 0. The number of likely N-dealkylation sites (N-methyl/N-ethyl adjacent to an activating group) is 2. The fourth-order valence-corrected chi connectivity index (χ4v) is 6.45. The van der Waals surface area contributed by atoms with Crippen LogP contribution in [0.5, 0.6) is 0 Å². The Kier molecular flexibility index (Phi) is 13.0. The molecule has 2 fully saturated rings. The molecule has 0 radical (unpaired) electrons. The number of piperidine rings is 2. The zero-order valence-corrected chi connectivity index (χ0v) is 28.5. The number of aliphatic hydroxyl groups excluding tert-OH is 2. The lowest BCUT2D eigenvalue weighted by molar-refractivity contribution is -0.873. The fraction of sp³-hybridized carbons (Fsp3) is 1.00. The minimum Gasteiger partial charge on any atom is -0.389 e. The summed E-state index contributed by atoms with van der Waals surface area (Å²) < 4.78 is 12.7. The van der Waals surface area contributed by atoms with Crippen molar-refractivity contribution < 1.29 is 24.2 Å². The van der Waals surface area contributed by atoms with Crippen molar-refractivity contribution in [2.75, 3.05) is 75.6 Å². The largest absolute Gasteiger partial charge is 0.389 e. The number of likely N-dealkylation sites (tertiary alicyclic amines) is 2. The predicted molar refractivity (Wildman–Crippen MR) is 163 cm³/mol. The highest BCUT2D eigenvalue weighted by atomic mass is 16.5. The lowest BCUT2D eigenvalue weighted by Crippen LogP contribution is -2.60. The van der Waals surface area contributed by atoms with E-state index in [0.29, 0.717) is 19.8 Å². The molecule has 2 atom stereocenters. The highest BCUT2D eigenvalue weighted by Gasteiger charge is 2.44. The Morgan fingerprint density at radius 3 is 1.28 bits per heavy atom. The second-order valence-corrected chi connectivity index (χ2v) is 16.1. The SMILES string of the molecule is CN(C)CC(O)COC1CC(C)(C)N(C)C(C)(C)C1.CN1C(C)(C)CC(OCC(O)C[N+](C)(C)C)CC1(C)C. The summed E-state index contributed by atoms with van der Waals surface area (Å²) in [6, 6.07) is 0. The van der Waals surface area contributed by atoms with Crippen molar-refractivity contribution in [3.63, 3.8) is 0 Å². The Hall–Kier alpha value is -0.320. The molecule has 0 spiro atoms. The smallest absolute Gasteiger partial charge is 0.126 e. The Balaban J connectivity index is 0.000000391. The van der Waals surface area contributed by atoms with Crippen molar-refractivity contribution in [3.8, 4) is 0 Å². The first-order valence-corrected chi connectivity index (χ1v) is 14.9. The second-order valence-electron chi connectivity index (χ2n) is 16.1. The number of quaternary nitrogens is 1. The summed E-state index contributed by atoms with van der Waals surface area (Å²) in [4.78, 5) is 6.87. The van der Waals surface area contributed by atoms with E-state index in [2.05, 4.69) is 100 Å². The van der Waals surface area contributed by atoms with Crippen LogP contribution in [0.3, 0.4) is 0 Å². The van der Waals surface area contributed by atoms with Crippen LogP contribution < -0.4 is 0 Å². The van der Waals surface area contributed by atoms with Crippen molar-refractivity contribution in [1.29, 1.82) is 0 Å². The van der Waals surface area contributed by atoms with E-state index in [0.717, 1.165) is 36.7 Å². The van der Waals surface area contributed by atoms with Gasteiger partial charge in [-0.15, -0.1) is 0 Å². The Morgan fingerprint density at radius 2 is 1.00 bits per heavy atom. The first kappa shape index (κ1) is 36.7. The van der Waals surface area contributed by atoms with Crippen LogP contribution in [0.15, 0.2) is 0 Å². The van der Waals surface area contributed by atoms with Gasteiger partial charge in [-0.3, -0.25) is 9.80 Å². The van der Waals surface area contributed by atoms with E-state index in [1.54, 1.807) is 0 Å². The van der Waals surface area contributed by atoms with Gasteiger partial charge in [0.2, 0.25) is 0 Å². The van der Waals surface area contributed by atoms with Gasteiger partial charge >= 0.3 is 0 Å². The zero-order valence-electron chi connectivity index (χ0n) is 28.5. The van der Waals surface area contributed by atoms with Crippen LogP contribution in [0.4, 0.5) is 0 Å². The van der Waals surface area contributed by atoms with Gasteiger partial charge in [0.25, 0.3) is 0 Å². The van der Waals surface area contributed by atoms with Crippen molar-refractivity contribution in [3.05, 3.63) is 0 Å². The summed E-state index contributed by atoms with van der Waals surface area (Å²) in [7, 11) is 14.6. The van der Waals surface area contributed by atoms with Gasteiger partial charge in [-0.1, -0.05) is 0 Å². The molecule has 8 nitrogen and oxygen atoms in total. The van der Waals surface area contributed by atoms with Gasteiger partial charge in [0, 0.05) is 28.7 Å². The molecule has 0 aliphatic carbocycles. The summed E-state index contributed by atoms with van der Waals surface area (Å²) in [5.41, 5.74) is 0.548. The molecule has 0 bridgehead atoms. The van der Waals surface area contributed by atoms with Crippen LogP contribution in [0.1, 0.15) is 81.1 Å². The van der Waals surface area contributed by atoms with Gasteiger partial charge in [0.05, 0.1) is 52.7 Å². The molecule has 8 heteroatoms. The molecule has 2 aliphatic heterocycles. The molecule has 0 aromatic carbocycles. The van der Waals surface area contributed by atoms with E-state index in [9.17, 15) is 10.2 Å². The number of hydrogen-bond acceptors (Lipinski definition) is 7. The molecule has 39 heavy (non-hydrogen) atoms. The van der Waals surface area contributed by atoms with Gasteiger partial charge in [-0.25, -0.2) is 0 Å². The molecule has 0 aromatic heterocycles. The lowest BCUT2D eigenvalue weighted by atomic mass is 9.79. The summed E-state index contributed by atoms with van der Waals surface area (Å²) in [6.45, 7) is 20.4. The summed E-state index contributed by atoms with van der Waals surface area (Å²) in [6.07, 6.45) is 3.75. The Labute approximate surface area is 242 Å². The molecule has 0 saturated carbocycles. The standard InChI is InChI=1S/C16H35N2O2.C15H32N2O2/c1-15(2)9-14(10-16(3,4)17(15)5)20-12-13(19)11-18(6,7)8;1-14(2)8-13(9-15(3,4)17(14)7)19-11-12(18)10-16(5)6/h13-14,19H,9-12H2,1-8H3;12-13,18H,8-11H2,1-7H3/q+1;. The molecule has 2 unspecified atom stereocenters. The van der Waals surface area contributed by atoms with Gasteiger partial charge in [0.1, 0.15) is 12.6 Å². The first-order chi connectivity index (χ1) is 17.4. The maximum atomic E-state index is 10.1. The molecule has 0 aromatic rings. The molecule has 0 amide bonds. The monoisotopic (exact) mass is 560 g/mol. The van der Waals surface area contributed by atoms with E-state index in [1.807, 2.05) is 19.0 Å². The third-order valence-electron chi connectivity index (χ3n) is 8.92. The van der Waals surface area contributed by atoms with Crippen LogP contribution in [0.2, 0.25) is 0 Å². The van der Waals surface area contributed by atoms with Crippen molar-refractivity contribution in [1.82, 2.24) is 14.7 Å². The zero-order chi connectivity index (χ0) is 30.6. The van der Waals surface area contributed by atoms with Crippen molar-refractivity contribution >= 4 is 0 Å². The molecular weight excluding hydrogens is 492 g/mol. The van der Waals surface area contributed by atoms with Crippen molar-refractivity contribution in [2.45, 2.75) is 128 Å². The first-order valence-electron chi connectivity index (χ1n) is 14.9. The number of ether oxygens (including phenoxy) is 2. The second kappa shape index (κ2) is 13.8. The molecule has 2 N–H and O–H groups in total. The minimum absolute atomic E-state index is 0.136. The van der Waals surface area contributed by atoms with Gasteiger partial charge in [0.15, 0.2) is 0 Å². The van der Waals surface area contributed by atoms with E-state index in [1.165, 1.54) is 0 Å². The summed E-state index contributed by atoms with van der Waals surface area (Å²) in [5.74, 6) is 0.